The number of carbonyl (C=O) groups excluding carboxylic acids is 1. The second-order valence-electron chi connectivity index (χ2n) is 3.72. The number of nitrogen functional groups attached to an aromatic ring is 1. The molecular formula is C11H15N3OS. The molecule has 0 bridgehead atoms. The smallest absolute Gasteiger partial charge is 0.257 e. The molecule has 0 aromatic carbocycles. The van der Waals surface area contributed by atoms with Crippen LogP contribution >= 0.6 is 11.8 Å². The Kier molecular flexibility index (Phi) is 3.66. The van der Waals surface area contributed by atoms with Crippen LogP contribution in [0.1, 0.15) is 16.8 Å². The molecule has 2 rings (SSSR count). The van der Waals surface area contributed by atoms with E-state index in [1.54, 1.807) is 18.5 Å². The molecule has 0 unspecified atom stereocenters. The van der Waals surface area contributed by atoms with Gasteiger partial charge in [-0.1, -0.05) is 0 Å². The second kappa shape index (κ2) is 5.21. The molecular weight excluding hydrogens is 222 g/mol. The summed E-state index contributed by atoms with van der Waals surface area (Å²) >= 11 is 1.90. The third-order valence-corrected chi connectivity index (χ3v) is 3.64. The van der Waals surface area contributed by atoms with Crippen molar-refractivity contribution in [2.45, 2.75) is 6.42 Å². The normalized spacial score (nSPS) is 16.9. The van der Waals surface area contributed by atoms with Crippen LogP contribution in [-0.4, -0.2) is 40.4 Å². The number of thioether (sulfide) groups is 1. The fourth-order valence-electron chi connectivity index (χ4n) is 1.70. The van der Waals surface area contributed by atoms with Crippen molar-refractivity contribution >= 4 is 23.4 Å². The van der Waals surface area contributed by atoms with Gasteiger partial charge in [0, 0.05) is 36.9 Å². The molecule has 1 saturated heterocycles. The summed E-state index contributed by atoms with van der Waals surface area (Å²) < 4.78 is 0. The molecule has 1 aliphatic rings. The van der Waals surface area contributed by atoms with Gasteiger partial charge in [0.2, 0.25) is 0 Å². The minimum Gasteiger partial charge on any atom is -0.398 e. The Bertz CT molecular complexity index is 375. The Morgan fingerprint density at radius 1 is 1.44 bits per heavy atom. The van der Waals surface area contributed by atoms with Gasteiger partial charge in [0.1, 0.15) is 0 Å². The van der Waals surface area contributed by atoms with E-state index in [0.717, 1.165) is 31.0 Å². The summed E-state index contributed by atoms with van der Waals surface area (Å²) in [5.74, 6) is 2.14. The molecule has 0 spiro atoms. The summed E-state index contributed by atoms with van der Waals surface area (Å²) in [4.78, 5) is 18.0. The van der Waals surface area contributed by atoms with Gasteiger partial charge in [0.15, 0.2) is 0 Å². The second-order valence-corrected chi connectivity index (χ2v) is 4.95. The number of nitrogens with zero attached hydrogens (tertiary/aromatic N) is 2. The molecule has 4 nitrogen and oxygen atoms in total. The van der Waals surface area contributed by atoms with Gasteiger partial charge in [0.25, 0.3) is 5.91 Å². The number of aromatic nitrogens is 1. The van der Waals surface area contributed by atoms with Crippen LogP contribution < -0.4 is 5.73 Å². The molecule has 0 aliphatic carbocycles. The first-order chi connectivity index (χ1) is 7.79. The van der Waals surface area contributed by atoms with E-state index < -0.39 is 0 Å². The van der Waals surface area contributed by atoms with Gasteiger partial charge in [-0.15, -0.1) is 0 Å². The maximum atomic E-state index is 12.2. The largest absolute Gasteiger partial charge is 0.398 e. The third-order valence-electron chi connectivity index (χ3n) is 2.59. The summed E-state index contributed by atoms with van der Waals surface area (Å²) in [6, 6.07) is 1.67. The van der Waals surface area contributed by atoms with Gasteiger partial charge in [-0.05, 0) is 18.2 Å². The maximum absolute atomic E-state index is 12.2. The third kappa shape index (κ3) is 2.47. The predicted octanol–water partition coefficient (Wildman–Crippen LogP) is 1.24. The van der Waals surface area contributed by atoms with E-state index in [-0.39, 0.29) is 5.91 Å². The van der Waals surface area contributed by atoms with Crippen LogP contribution in [0.15, 0.2) is 18.5 Å². The number of nitrogens with two attached hydrogens (primary N) is 1. The van der Waals surface area contributed by atoms with Gasteiger partial charge in [-0.3, -0.25) is 9.78 Å². The highest BCUT2D eigenvalue weighted by molar-refractivity contribution is 7.99. The summed E-state index contributed by atoms with van der Waals surface area (Å²) in [5, 5.41) is 0. The lowest BCUT2D eigenvalue weighted by molar-refractivity contribution is 0.0769. The number of anilines is 1. The molecule has 0 radical (unpaired) electrons. The van der Waals surface area contributed by atoms with E-state index in [1.165, 1.54) is 0 Å². The van der Waals surface area contributed by atoms with Crippen molar-refractivity contribution in [1.82, 2.24) is 9.88 Å². The Balaban J connectivity index is 2.14. The summed E-state index contributed by atoms with van der Waals surface area (Å²) in [6.45, 7) is 1.62. The Labute approximate surface area is 99.2 Å². The molecule has 86 valence electrons. The lowest BCUT2D eigenvalue weighted by Gasteiger charge is -2.20. The van der Waals surface area contributed by atoms with Gasteiger partial charge in [-0.2, -0.15) is 11.8 Å². The highest BCUT2D eigenvalue weighted by atomic mass is 32.2. The molecule has 0 atom stereocenters. The molecule has 0 saturated carbocycles. The van der Waals surface area contributed by atoms with Crippen LogP contribution in [0, 0.1) is 0 Å². The van der Waals surface area contributed by atoms with E-state index in [1.807, 2.05) is 16.7 Å². The van der Waals surface area contributed by atoms with E-state index in [4.69, 9.17) is 5.73 Å². The predicted molar refractivity (Wildman–Crippen MR) is 66.5 cm³/mol. The van der Waals surface area contributed by atoms with E-state index in [9.17, 15) is 4.79 Å². The van der Waals surface area contributed by atoms with E-state index >= 15 is 0 Å². The monoisotopic (exact) mass is 237 g/mol. The number of pyridine rings is 1. The van der Waals surface area contributed by atoms with Crippen LogP contribution in [0.2, 0.25) is 0 Å². The minimum atomic E-state index is 0.00750. The number of rotatable bonds is 1. The van der Waals surface area contributed by atoms with E-state index in [0.29, 0.717) is 11.3 Å². The average molecular weight is 237 g/mol. The zero-order chi connectivity index (χ0) is 11.4. The standard InChI is InChI=1S/C11H15N3OS/c12-10-2-3-13-8-9(10)11(15)14-4-1-6-16-7-5-14/h2-3,8H,1,4-7H2,(H2,12,13). The maximum Gasteiger partial charge on any atom is 0.257 e. The van der Waals surface area contributed by atoms with Crippen molar-refractivity contribution in [2.75, 3.05) is 30.3 Å². The quantitative estimate of drug-likeness (QED) is 0.798. The minimum absolute atomic E-state index is 0.00750. The lowest BCUT2D eigenvalue weighted by Crippen LogP contribution is -2.33. The summed E-state index contributed by atoms with van der Waals surface area (Å²) in [7, 11) is 0. The molecule has 2 heterocycles. The molecule has 1 aliphatic heterocycles. The van der Waals surface area contributed by atoms with Crippen molar-refractivity contribution in [2.24, 2.45) is 0 Å². The van der Waals surface area contributed by atoms with Crippen molar-refractivity contribution in [3.8, 4) is 0 Å². The van der Waals surface area contributed by atoms with Crippen LogP contribution in [0.4, 0.5) is 5.69 Å². The van der Waals surface area contributed by atoms with Crippen LogP contribution in [0.5, 0.6) is 0 Å². The lowest BCUT2D eigenvalue weighted by atomic mass is 10.2. The fourth-order valence-corrected chi connectivity index (χ4v) is 2.59. The average Bonchev–Trinajstić information content (AvgIpc) is 2.57. The Morgan fingerprint density at radius 2 is 2.31 bits per heavy atom. The number of hydrogen-bond acceptors (Lipinski definition) is 4. The first kappa shape index (κ1) is 11.3. The highest BCUT2D eigenvalue weighted by Gasteiger charge is 2.19. The van der Waals surface area contributed by atoms with Crippen molar-refractivity contribution < 1.29 is 4.79 Å². The molecule has 5 heteroatoms. The van der Waals surface area contributed by atoms with Crippen LogP contribution in [0.3, 0.4) is 0 Å². The number of hydrogen-bond donors (Lipinski definition) is 1. The number of amides is 1. The van der Waals surface area contributed by atoms with Crippen LogP contribution in [-0.2, 0) is 0 Å². The van der Waals surface area contributed by atoms with Gasteiger partial charge in [0.05, 0.1) is 5.56 Å². The molecule has 2 N–H and O–H groups in total. The van der Waals surface area contributed by atoms with Crippen molar-refractivity contribution in [1.29, 1.82) is 0 Å². The van der Waals surface area contributed by atoms with Gasteiger partial charge < -0.3 is 10.6 Å². The zero-order valence-corrected chi connectivity index (χ0v) is 9.87. The SMILES string of the molecule is Nc1ccncc1C(=O)N1CCCSCC1. The van der Waals surface area contributed by atoms with Crippen molar-refractivity contribution in [3.05, 3.63) is 24.0 Å². The van der Waals surface area contributed by atoms with Gasteiger partial charge >= 0.3 is 0 Å². The molecule has 1 aromatic heterocycles. The summed E-state index contributed by atoms with van der Waals surface area (Å²) in [5.41, 5.74) is 6.81. The Hall–Kier alpha value is -1.23. The van der Waals surface area contributed by atoms with Crippen molar-refractivity contribution in [3.63, 3.8) is 0 Å². The summed E-state index contributed by atoms with van der Waals surface area (Å²) in [6.07, 6.45) is 4.21. The van der Waals surface area contributed by atoms with E-state index in [2.05, 4.69) is 4.98 Å². The zero-order valence-electron chi connectivity index (χ0n) is 9.06. The molecule has 16 heavy (non-hydrogen) atoms. The van der Waals surface area contributed by atoms with Gasteiger partial charge in [-0.25, -0.2) is 0 Å². The Morgan fingerprint density at radius 3 is 3.12 bits per heavy atom. The van der Waals surface area contributed by atoms with Crippen LogP contribution in [0.25, 0.3) is 0 Å². The molecule has 1 amide bonds. The fraction of sp³-hybridized carbons (Fsp3) is 0.455. The molecule has 1 fully saturated rings. The number of carbonyl (C=O) groups is 1. The topological polar surface area (TPSA) is 59.2 Å². The molecule has 1 aromatic rings. The highest BCUT2D eigenvalue weighted by Crippen LogP contribution is 2.16. The first-order valence-electron chi connectivity index (χ1n) is 5.35. The first-order valence-corrected chi connectivity index (χ1v) is 6.51.